The molecule has 1 aromatic carbocycles. The predicted octanol–water partition coefficient (Wildman–Crippen LogP) is 3.99. The number of alkyl halides is 3. The van der Waals surface area contributed by atoms with Crippen LogP contribution in [0.15, 0.2) is 40.2 Å². The third kappa shape index (κ3) is 4.15. The number of nitrogens with zero attached hydrogens (tertiary/aromatic N) is 1. The van der Waals surface area contributed by atoms with E-state index in [4.69, 9.17) is 58.0 Å². The summed E-state index contributed by atoms with van der Waals surface area (Å²) in [6, 6.07) is 7.44. The van der Waals surface area contributed by atoms with E-state index in [1.54, 1.807) is 6.07 Å². The van der Waals surface area contributed by atoms with E-state index >= 15 is 0 Å². The molecule has 18 heavy (non-hydrogen) atoms. The number of sulfone groups is 1. The third-order valence-electron chi connectivity index (χ3n) is 1.86. The van der Waals surface area contributed by atoms with Crippen molar-refractivity contribution >= 4 is 72.5 Å². The van der Waals surface area contributed by atoms with Crippen molar-refractivity contribution < 1.29 is 8.42 Å². The van der Waals surface area contributed by atoms with Crippen LogP contribution in [0, 0.1) is 0 Å². The maximum absolute atomic E-state index is 12.2. The van der Waals surface area contributed by atoms with Crippen molar-refractivity contribution in [2.75, 3.05) is 0 Å². The van der Waals surface area contributed by atoms with Crippen molar-refractivity contribution in [3.05, 3.63) is 30.3 Å². The Morgan fingerprint density at radius 3 is 2.00 bits per heavy atom. The smallest absolute Gasteiger partial charge is 0.227 e. The van der Waals surface area contributed by atoms with Crippen molar-refractivity contribution in [2.24, 2.45) is 4.99 Å². The molecule has 100 valence electrons. The Kier molecular flexibility index (Phi) is 5.59. The van der Waals surface area contributed by atoms with Crippen molar-refractivity contribution in [1.82, 2.24) is 0 Å². The number of benzene rings is 1. The summed E-state index contributed by atoms with van der Waals surface area (Å²) in [6.07, 6.45) is 0. The van der Waals surface area contributed by atoms with Crippen LogP contribution in [0.1, 0.15) is 0 Å². The zero-order valence-corrected chi connectivity index (χ0v) is 13.1. The predicted molar refractivity (Wildman–Crippen MR) is 76.8 cm³/mol. The first-order valence-corrected chi connectivity index (χ1v) is 7.84. The summed E-state index contributed by atoms with van der Waals surface area (Å²) in [7, 11) is -4.01. The van der Waals surface area contributed by atoms with Crippen LogP contribution in [0.4, 0.5) is 0 Å². The first-order chi connectivity index (χ1) is 8.15. The summed E-state index contributed by atoms with van der Waals surface area (Å²) in [4.78, 5) is 3.42. The lowest BCUT2D eigenvalue weighted by molar-refractivity contribution is 0.582. The SMILES string of the molecule is O=S(=O)(c1ccccc1)[C@@H](N=C(Cl)Cl)C(Cl)(Cl)Cl. The summed E-state index contributed by atoms with van der Waals surface area (Å²) in [5.74, 6) is 0. The highest BCUT2D eigenvalue weighted by Crippen LogP contribution is 2.38. The van der Waals surface area contributed by atoms with Crippen molar-refractivity contribution in [3.63, 3.8) is 0 Å². The largest absolute Gasteiger partial charge is 0.238 e. The Bertz CT molecular complexity index is 534. The van der Waals surface area contributed by atoms with Gasteiger partial charge in [-0.2, -0.15) is 0 Å². The van der Waals surface area contributed by atoms with E-state index in [-0.39, 0.29) is 4.90 Å². The van der Waals surface area contributed by atoms with Gasteiger partial charge in [0, 0.05) is 0 Å². The molecule has 1 atom stereocenters. The lowest BCUT2D eigenvalue weighted by atomic mass is 10.4. The fourth-order valence-electron chi connectivity index (χ4n) is 1.15. The van der Waals surface area contributed by atoms with Gasteiger partial charge in [-0.3, -0.25) is 0 Å². The van der Waals surface area contributed by atoms with Crippen LogP contribution in [0.5, 0.6) is 0 Å². The molecule has 0 aliphatic carbocycles. The molecule has 0 aliphatic heterocycles. The zero-order chi connectivity index (χ0) is 14.0. The van der Waals surface area contributed by atoms with Crippen LogP contribution in [0.2, 0.25) is 0 Å². The maximum atomic E-state index is 12.2. The average Bonchev–Trinajstić information content (AvgIpc) is 2.25. The Labute approximate surface area is 130 Å². The van der Waals surface area contributed by atoms with Gasteiger partial charge in [-0.25, -0.2) is 13.4 Å². The molecule has 1 aromatic rings. The summed E-state index contributed by atoms with van der Waals surface area (Å²) in [5.41, 5.74) is 0. The van der Waals surface area contributed by atoms with Gasteiger partial charge in [0.25, 0.3) is 0 Å². The van der Waals surface area contributed by atoms with E-state index in [2.05, 4.69) is 4.99 Å². The standard InChI is InChI=1S/C9H6Cl5NO2S/c10-8(11)15-7(9(12,13)14)18(16,17)6-4-2-1-3-5-6/h1-5,7H/t7-/m1/s1. The molecule has 0 bridgehead atoms. The van der Waals surface area contributed by atoms with Gasteiger partial charge in [0.05, 0.1) is 4.90 Å². The molecule has 0 saturated carbocycles. The van der Waals surface area contributed by atoms with Crippen LogP contribution >= 0.6 is 58.0 Å². The summed E-state index contributed by atoms with van der Waals surface area (Å²) in [5, 5.41) is -1.72. The highest BCUT2D eigenvalue weighted by molar-refractivity contribution is 7.92. The maximum Gasteiger partial charge on any atom is 0.227 e. The minimum atomic E-state index is -4.01. The van der Waals surface area contributed by atoms with E-state index in [1.807, 2.05) is 0 Å². The van der Waals surface area contributed by atoms with Gasteiger partial charge in [-0.15, -0.1) is 0 Å². The van der Waals surface area contributed by atoms with Crippen molar-refractivity contribution in [3.8, 4) is 0 Å². The second-order valence-corrected chi connectivity index (χ2v) is 8.41. The lowest BCUT2D eigenvalue weighted by Gasteiger charge is -2.20. The first-order valence-electron chi connectivity index (χ1n) is 4.40. The van der Waals surface area contributed by atoms with Gasteiger partial charge in [-0.05, 0) is 35.3 Å². The second-order valence-electron chi connectivity index (χ2n) is 3.12. The van der Waals surface area contributed by atoms with Crippen LogP contribution in [-0.2, 0) is 9.84 Å². The first kappa shape index (κ1) is 16.3. The Balaban J connectivity index is 3.35. The molecule has 0 saturated heterocycles. The fourth-order valence-corrected chi connectivity index (χ4v) is 4.05. The number of halogens is 5. The lowest BCUT2D eigenvalue weighted by Crippen LogP contribution is -2.33. The van der Waals surface area contributed by atoms with Crippen LogP contribution in [-0.4, -0.2) is 22.2 Å². The zero-order valence-electron chi connectivity index (χ0n) is 8.53. The minimum absolute atomic E-state index is 0.0420. The fraction of sp³-hybridized carbons (Fsp3) is 0.222. The molecule has 9 heteroatoms. The van der Waals surface area contributed by atoms with E-state index < -0.39 is 23.6 Å². The topological polar surface area (TPSA) is 46.5 Å². The molecule has 0 amide bonds. The molecule has 0 heterocycles. The van der Waals surface area contributed by atoms with Gasteiger partial charge in [0.15, 0.2) is 4.63 Å². The number of aliphatic imine (C=N–C) groups is 1. The van der Waals surface area contributed by atoms with E-state index in [1.165, 1.54) is 24.3 Å². The normalized spacial score (nSPS) is 14.1. The molecule has 0 aromatic heterocycles. The van der Waals surface area contributed by atoms with Crippen LogP contribution < -0.4 is 0 Å². The number of hydrogen-bond donors (Lipinski definition) is 0. The molecule has 0 aliphatic rings. The summed E-state index contributed by atoms with van der Waals surface area (Å²) in [6.45, 7) is 0. The molecule has 0 fully saturated rings. The van der Waals surface area contributed by atoms with Crippen molar-refractivity contribution in [1.29, 1.82) is 0 Å². The summed E-state index contributed by atoms with van der Waals surface area (Å²) < 4.78 is 21.7. The Morgan fingerprint density at radius 2 is 1.61 bits per heavy atom. The molecular formula is C9H6Cl5NO2S. The Hall–Kier alpha value is 0.290. The average molecular weight is 369 g/mol. The van der Waals surface area contributed by atoms with Gasteiger partial charge in [-0.1, -0.05) is 53.0 Å². The number of rotatable bonds is 3. The summed E-state index contributed by atoms with van der Waals surface area (Å²) >= 11 is 27.5. The number of hydrogen-bond acceptors (Lipinski definition) is 3. The van der Waals surface area contributed by atoms with Crippen LogP contribution in [0.25, 0.3) is 0 Å². The molecule has 0 spiro atoms. The molecule has 1 rings (SSSR count). The van der Waals surface area contributed by atoms with E-state index in [9.17, 15) is 8.42 Å². The quantitative estimate of drug-likeness (QED) is 0.597. The second kappa shape index (κ2) is 6.16. The molecule has 0 unspecified atom stereocenters. The van der Waals surface area contributed by atoms with E-state index in [0.717, 1.165) is 0 Å². The van der Waals surface area contributed by atoms with Gasteiger partial charge in [0.1, 0.15) is 0 Å². The molecule has 0 radical (unpaired) electrons. The Morgan fingerprint density at radius 1 is 1.11 bits per heavy atom. The molecule has 0 N–H and O–H groups in total. The van der Waals surface area contributed by atoms with E-state index in [0.29, 0.717) is 0 Å². The minimum Gasteiger partial charge on any atom is -0.238 e. The van der Waals surface area contributed by atoms with Gasteiger partial charge in [0.2, 0.25) is 19.0 Å². The van der Waals surface area contributed by atoms with Gasteiger partial charge >= 0.3 is 0 Å². The highest BCUT2D eigenvalue weighted by atomic mass is 35.6. The highest BCUT2D eigenvalue weighted by Gasteiger charge is 2.43. The molecular weight excluding hydrogens is 363 g/mol. The molecule has 3 nitrogen and oxygen atoms in total. The van der Waals surface area contributed by atoms with Crippen LogP contribution in [0.3, 0.4) is 0 Å². The van der Waals surface area contributed by atoms with Gasteiger partial charge < -0.3 is 0 Å². The monoisotopic (exact) mass is 367 g/mol. The third-order valence-corrected chi connectivity index (χ3v) is 5.04. The van der Waals surface area contributed by atoms with Crippen molar-refractivity contribution in [2.45, 2.75) is 14.1 Å².